The highest BCUT2D eigenvalue weighted by Gasteiger charge is 2.48. The third-order valence-electron chi connectivity index (χ3n) is 3.45. The molecule has 3 heterocycles. The number of nitrogens with zero attached hydrogens (tertiary/aromatic N) is 4. The van der Waals surface area contributed by atoms with Crippen LogP contribution in [0.5, 0.6) is 0 Å². The number of nitrogen functional groups attached to an aromatic ring is 1. The summed E-state index contributed by atoms with van der Waals surface area (Å²) in [5, 5.41) is 13.1. The van der Waals surface area contributed by atoms with E-state index in [4.69, 9.17) is 10.5 Å². The first kappa shape index (κ1) is 13.1. The maximum absolute atomic E-state index is 14.1. The van der Waals surface area contributed by atoms with Gasteiger partial charge in [0.1, 0.15) is 30.9 Å². The number of fused-ring (bicyclic) bond motifs is 1. The van der Waals surface area contributed by atoms with E-state index in [2.05, 4.69) is 15.1 Å². The number of rotatable bonds is 3. The highest BCUT2D eigenvalue weighted by Crippen LogP contribution is 2.41. The van der Waals surface area contributed by atoms with Gasteiger partial charge < -0.3 is 15.6 Å². The molecule has 0 unspecified atom stereocenters. The Bertz CT molecular complexity index is 630. The molecule has 2 aromatic rings. The van der Waals surface area contributed by atoms with Gasteiger partial charge in [-0.3, -0.25) is 0 Å². The number of hydrogen-bond acceptors (Lipinski definition) is 6. The summed E-state index contributed by atoms with van der Waals surface area (Å²) in [4.78, 5) is 7.78. The van der Waals surface area contributed by atoms with E-state index in [1.54, 1.807) is 0 Å². The first-order chi connectivity index (χ1) is 9.60. The van der Waals surface area contributed by atoms with Gasteiger partial charge in [0, 0.05) is 6.42 Å². The molecule has 1 fully saturated rings. The molecule has 7 nitrogen and oxygen atoms in total. The van der Waals surface area contributed by atoms with Crippen molar-refractivity contribution in [2.24, 2.45) is 0 Å². The molecular formula is C11H13F2N5O2. The van der Waals surface area contributed by atoms with Crippen LogP contribution < -0.4 is 5.73 Å². The van der Waals surface area contributed by atoms with Crippen molar-refractivity contribution >= 4 is 11.5 Å². The van der Waals surface area contributed by atoms with E-state index < -0.39 is 31.2 Å². The molecule has 0 aromatic carbocycles. The predicted octanol–water partition coefficient (Wildman–Crippen LogP) is 0.207. The largest absolute Gasteiger partial charge is 0.393 e. The fourth-order valence-electron chi connectivity index (χ4n) is 2.38. The van der Waals surface area contributed by atoms with Crippen LogP contribution in [-0.4, -0.2) is 49.7 Å². The molecule has 0 bridgehead atoms. The van der Waals surface area contributed by atoms with Gasteiger partial charge in [0.05, 0.1) is 18.5 Å². The van der Waals surface area contributed by atoms with Crippen LogP contribution in [0.25, 0.3) is 5.65 Å². The van der Waals surface area contributed by atoms with Crippen LogP contribution in [0.15, 0.2) is 12.5 Å². The van der Waals surface area contributed by atoms with Crippen LogP contribution in [0, 0.1) is 0 Å². The Hall–Kier alpha value is -1.87. The number of halogens is 2. The van der Waals surface area contributed by atoms with E-state index in [1.807, 2.05) is 0 Å². The van der Waals surface area contributed by atoms with E-state index in [1.165, 1.54) is 17.0 Å². The molecule has 1 aliphatic heterocycles. The molecule has 3 rings (SSSR count). The molecule has 2 aromatic heterocycles. The second-order valence-corrected chi connectivity index (χ2v) is 4.80. The third-order valence-corrected chi connectivity index (χ3v) is 3.45. The molecule has 0 amide bonds. The maximum atomic E-state index is 14.1. The van der Waals surface area contributed by atoms with E-state index in [-0.39, 0.29) is 17.9 Å². The molecule has 9 heteroatoms. The second kappa shape index (κ2) is 4.60. The van der Waals surface area contributed by atoms with Gasteiger partial charge in [0.15, 0.2) is 11.5 Å². The Balaban J connectivity index is 2.02. The lowest BCUT2D eigenvalue weighted by atomic mass is 10.0. The van der Waals surface area contributed by atoms with E-state index in [0.717, 1.165) is 0 Å². The van der Waals surface area contributed by atoms with Gasteiger partial charge in [0.25, 0.3) is 0 Å². The Morgan fingerprint density at radius 3 is 3.00 bits per heavy atom. The number of anilines is 1. The number of aliphatic hydroxyl groups is 1. The number of ether oxygens (including phenoxy) is 1. The van der Waals surface area contributed by atoms with Crippen molar-refractivity contribution in [1.82, 2.24) is 19.6 Å². The van der Waals surface area contributed by atoms with Gasteiger partial charge in [-0.15, -0.1) is 0 Å². The molecule has 108 valence electrons. The van der Waals surface area contributed by atoms with Crippen LogP contribution in [0.3, 0.4) is 0 Å². The van der Waals surface area contributed by atoms with Crippen LogP contribution in [0.2, 0.25) is 0 Å². The zero-order valence-electron chi connectivity index (χ0n) is 10.4. The molecule has 0 saturated carbocycles. The first-order valence-corrected chi connectivity index (χ1v) is 6.03. The Morgan fingerprint density at radius 2 is 2.35 bits per heavy atom. The summed E-state index contributed by atoms with van der Waals surface area (Å²) in [6.07, 6.45) is -0.164. The number of aliphatic hydroxyl groups excluding tert-OH is 1. The molecule has 1 aliphatic rings. The van der Waals surface area contributed by atoms with Crippen molar-refractivity contribution in [3.8, 4) is 0 Å². The number of imidazole rings is 1. The van der Waals surface area contributed by atoms with Crippen LogP contribution in [0.4, 0.5) is 14.6 Å². The monoisotopic (exact) mass is 285 g/mol. The molecule has 3 atom stereocenters. The number of nitrogens with two attached hydrogens (primary N) is 1. The molecule has 0 spiro atoms. The van der Waals surface area contributed by atoms with Crippen molar-refractivity contribution in [2.75, 3.05) is 19.0 Å². The van der Waals surface area contributed by atoms with Crippen molar-refractivity contribution < 1.29 is 18.6 Å². The van der Waals surface area contributed by atoms with Crippen molar-refractivity contribution in [3.05, 3.63) is 18.2 Å². The topological polar surface area (TPSA) is 98.6 Å². The van der Waals surface area contributed by atoms with Gasteiger partial charge in [-0.2, -0.15) is 5.10 Å². The lowest BCUT2D eigenvalue weighted by molar-refractivity contribution is -0.0907. The smallest absolute Gasteiger partial charge is 0.196 e. The summed E-state index contributed by atoms with van der Waals surface area (Å²) in [6, 6.07) is 0. The molecule has 0 radical (unpaired) electrons. The van der Waals surface area contributed by atoms with Crippen LogP contribution in [0.1, 0.15) is 18.2 Å². The normalized spacial score (nSPS) is 30.1. The Morgan fingerprint density at radius 1 is 1.55 bits per heavy atom. The summed E-state index contributed by atoms with van der Waals surface area (Å²) in [5.74, 6) is 0.151. The lowest BCUT2D eigenvalue weighted by Gasteiger charge is -2.22. The third kappa shape index (κ3) is 1.81. The average molecular weight is 285 g/mol. The molecule has 1 saturated heterocycles. The highest BCUT2D eigenvalue weighted by atomic mass is 19.1. The van der Waals surface area contributed by atoms with E-state index in [0.29, 0.717) is 5.69 Å². The maximum Gasteiger partial charge on any atom is 0.196 e. The van der Waals surface area contributed by atoms with Gasteiger partial charge in [-0.25, -0.2) is 23.3 Å². The number of alkyl halides is 2. The Labute approximate surface area is 112 Å². The van der Waals surface area contributed by atoms with Crippen molar-refractivity contribution in [1.29, 1.82) is 0 Å². The summed E-state index contributed by atoms with van der Waals surface area (Å²) >= 11 is 0. The summed E-state index contributed by atoms with van der Waals surface area (Å²) in [7, 11) is 0. The predicted molar refractivity (Wildman–Crippen MR) is 64.3 cm³/mol. The van der Waals surface area contributed by atoms with Gasteiger partial charge in [-0.05, 0) is 0 Å². The van der Waals surface area contributed by atoms with Gasteiger partial charge in [0.2, 0.25) is 0 Å². The average Bonchev–Trinajstić information content (AvgIpc) is 3.01. The minimum atomic E-state index is -1.51. The van der Waals surface area contributed by atoms with Gasteiger partial charge >= 0.3 is 0 Å². The quantitative estimate of drug-likeness (QED) is 0.836. The van der Waals surface area contributed by atoms with Gasteiger partial charge in [-0.1, -0.05) is 0 Å². The minimum absolute atomic E-state index is 0.151. The summed E-state index contributed by atoms with van der Waals surface area (Å²) < 4.78 is 33.8. The van der Waals surface area contributed by atoms with Crippen LogP contribution in [-0.2, 0) is 4.74 Å². The second-order valence-electron chi connectivity index (χ2n) is 4.80. The number of aromatic nitrogens is 4. The fraction of sp³-hybridized carbons (Fsp3) is 0.545. The van der Waals surface area contributed by atoms with E-state index in [9.17, 15) is 13.9 Å². The fourth-order valence-corrected chi connectivity index (χ4v) is 2.38. The van der Waals surface area contributed by atoms with Crippen LogP contribution >= 0.6 is 0 Å². The minimum Gasteiger partial charge on any atom is -0.393 e. The molecular weight excluding hydrogens is 272 g/mol. The Kier molecular flexibility index (Phi) is 3.02. The molecule has 3 N–H and O–H groups in total. The van der Waals surface area contributed by atoms with Crippen molar-refractivity contribution in [3.63, 3.8) is 0 Å². The highest BCUT2D eigenvalue weighted by molar-refractivity contribution is 5.58. The first-order valence-electron chi connectivity index (χ1n) is 6.03. The SMILES string of the molecule is Nc1ncnn2c([C@@H]3O[C@@](CO)(CF)C[C@H]3F)cnc12. The zero-order chi connectivity index (χ0) is 14.3. The summed E-state index contributed by atoms with van der Waals surface area (Å²) in [5.41, 5.74) is 4.72. The standard InChI is InChI=1S/C11H13F2N5O2/c12-3-11(4-19)1-6(13)8(20-11)7-2-15-10-9(14)16-5-17-18(7)10/h2,5-6,8,19H,1,3-4H2,(H2,14,16,17)/t6-,8-,11-/m1/s1. The summed E-state index contributed by atoms with van der Waals surface area (Å²) in [6.45, 7) is -1.55. The van der Waals surface area contributed by atoms with E-state index >= 15 is 0 Å². The molecule has 0 aliphatic carbocycles. The van der Waals surface area contributed by atoms with Crippen molar-refractivity contribution in [2.45, 2.75) is 24.3 Å². The zero-order valence-corrected chi connectivity index (χ0v) is 10.4. The molecule has 20 heavy (non-hydrogen) atoms. The number of hydrogen-bond donors (Lipinski definition) is 2. The lowest BCUT2D eigenvalue weighted by Crippen LogP contribution is -2.35.